The molecule has 3 N–H and O–H groups in total. The number of unbranched alkanes of at least 4 members (excludes halogenated alkanes) is 63. The van der Waals surface area contributed by atoms with Crippen LogP contribution >= 0.6 is 0 Å². The summed E-state index contributed by atoms with van der Waals surface area (Å²) in [5.41, 5.74) is 0. The number of amides is 1. The van der Waals surface area contributed by atoms with Crippen LogP contribution < -0.4 is 5.32 Å². The Balaban J connectivity index is 3.42. The van der Waals surface area contributed by atoms with Crippen LogP contribution in [0.3, 0.4) is 0 Å². The lowest BCUT2D eigenvalue weighted by atomic mass is 10.0. The molecule has 4 heteroatoms. The summed E-state index contributed by atoms with van der Waals surface area (Å²) in [6.45, 7) is 4.35. The maximum Gasteiger partial charge on any atom is 0.220 e. The van der Waals surface area contributed by atoms with Crippen molar-refractivity contribution >= 4 is 5.91 Å². The first-order valence-corrected chi connectivity index (χ1v) is 39.2. The SMILES string of the molecule is CCCCCCCCCCCCCCCCCCCCCCCC/C=C/CC/C=C/CC/C=C/C(O)C(CO)NC(=O)CCCCCCCCCCCCCCCCCCCCCCCCCCCCCCCCCCCCCCCCCC. The van der Waals surface area contributed by atoms with Gasteiger partial charge in [-0.25, -0.2) is 0 Å². The predicted molar refractivity (Wildman–Crippen MR) is 378 cm³/mol. The van der Waals surface area contributed by atoms with Gasteiger partial charge in [0.2, 0.25) is 5.91 Å². The van der Waals surface area contributed by atoms with Gasteiger partial charge in [0.25, 0.3) is 0 Å². The Labute approximate surface area is 529 Å². The van der Waals surface area contributed by atoms with Gasteiger partial charge in [-0.3, -0.25) is 4.79 Å². The molecule has 2 unspecified atom stereocenters. The molecule has 0 radical (unpaired) electrons. The zero-order valence-electron chi connectivity index (χ0n) is 57.7. The molecule has 1 amide bonds. The van der Waals surface area contributed by atoms with E-state index in [1.54, 1.807) is 6.08 Å². The molecule has 84 heavy (non-hydrogen) atoms. The van der Waals surface area contributed by atoms with Crippen molar-refractivity contribution in [2.24, 2.45) is 0 Å². The molecule has 0 aliphatic carbocycles. The van der Waals surface area contributed by atoms with Crippen molar-refractivity contribution in [2.45, 2.75) is 463 Å². The molecular weight excluding hydrogens is 1020 g/mol. The molecule has 0 fully saturated rings. The number of aliphatic hydroxyl groups excluding tert-OH is 2. The van der Waals surface area contributed by atoms with E-state index < -0.39 is 12.1 Å². The lowest BCUT2D eigenvalue weighted by molar-refractivity contribution is -0.123. The number of carbonyl (C=O) groups is 1. The number of hydrogen-bond acceptors (Lipinski definition) is 3. The van der Waals surface area contributed by atoms with Gasteiger partial charge in [0.15, 0.2) is 0 Å². The van der Waals surface area contributed by atoms with Gasteiger partial charge in [0.1, 0.15) is 0 Å². The van der Waals surface area contributed by atoms with Crippen LogP contribution in [0.4, 0.5) is 0 Å². The summed E-state index contributed by atoms with van der Waals surface area (Å²) in [6, 6.07) is -0.646. The Bertz CT molecular complexity index is 1290. The van der Waals surface area contributed by atoms with Crippen LogP contribution in [0.5, 0.6) is 0 Å². The molecule has 4 nitrogen and oxygen atoms in total. The second-order valence-corrected chi connectivity index (χ2v) is 27.1. The molecule has 498 valence electrons. The minimum absolute atomic E-state index is 0.0684. The van der Waals surface area contributed by atoms with E-state index in [1.807, 2.05) is 6.08 Å². The molecule has 0 aliphatic heterocycles. The summed E-state index contributed by atoms with van der Waals surface area (Å²) in [5.74, 6) is -0.0684. The molecule has 0 heterocycles. The lowest BCUT2D eigenvalue weighted by Gasteiger charge is -2.19. The van der Waals surface area contributed by atoms with Crippen molar-refractivity contribution in [1.29, 1.82) is 0 Å². The van der Waals surface area contributed by atoms with Crippen LogP contribution in [0.25, 0.3) is 0 Å². The summed E-state index contributed by atoms with van der Waals surface area (Å²) in [7, 11) is 0. The van der Waals surface area contributed by atoms with Crippen molar-refractivity contribution in [1.82, 2.24) is 5.32 Å². The van der Waals surface area contributed by atoms with Gasteiger partial charge in [0.05, 0.1) is 18.8 Å². The van der Waals surface area contributed by atoms with Crippen molar-refractivity contribution in [3.63, 3.8) is 0 Å². The van der Waals surface area contributed by atoms with Crippen LogP contribution in [-0.2, 0) is 4.79 Å². The van der Waals surface area contributed by atoms with E-state index in [0.29, 0.717) is 6.42 Å². The first kappa shape index (κ1) is 82.6. The number of rotatable bonds is 74. The van der Waals surface area contributed by atoms with E-state index in [0.717, 1.165) is 38.5 Å². The van der Waals surface area contributed by atoms with Gasteiger partial charge in [-0.1, -0.05) is 436 Å². The minimum Gasteiger partial charge on any atom is -0.394 e. The highest BCUT2D eigenvalue weighted by Crippen LogP contribution is 2.20. The largest absolute Gasteiger partial charge is 0.394 e. The number of allylic oxidation sites excluding steroid dienone is 5. The van der Waals surface area contributed by atoms with Gasteiger partial charge < -0.3 is 15.5 Å². The summed E-state index contributed by atoms with van der Waals surface area (Å²) in [6.07, 6.45) is 106. The smallest absolute Gasteiger partial charge is 0.220 e. The maximum atomic E-state index is 12.6. The highest BCUT2D eigenvalue weighted by molar-refractivity contribution is 5.76. The first-order chi connectivity index (χ1) is 41.7. The average molecular weight is 1180 g/mol. The number of aliphatic hydroxyl groups is 2. The zero-order chi connectivity index (χ0) is 60.5. The van der Waals surface area contributed by atoms with Crippen LogP contribution in [0.1, 0.15) is 450 Å². The molecule has 0 saturated carbocycles. The Kier molecular flexibility index (Phi) is 74.6. The van der Waals surface area contributed by atoms with E-state index in [9.17, 15) is 15.0 Å². The van der Waals surface area contributed by atoms with Gasteiger partial charge in [-0.15, -0.1) is 0 Å². The topological polar surface area (TPSA) is 69.6 Å². The number of nitrogens with one attached hydrogen (secondary N) is 1. The van der Waals surface area contributed by atoms with Gasteiger partial charge >= 0.3 is 0 Å². The van der Waals surface area contributed by atoms with Crippen molar-refractivity contribution in [2.75, 3.05) is 6.61 Å². The Morgan fingerprint density at radius 2 is 0.464 bits per heavy atom. The molecule has 0 spiro atoms. The fourth-order valence-corrected chi connectivity index (χ4v) is 12.7. The second-order valence-electron chi connectivity index (χ2n) is 27.1. The standard InChI is InChI=1S/C80H155NO3/c1-3-5-7-9-11-13-15-17-19-21-23-25-27-29-31-33-35-37-38-39-40-41-42-43-44-46-48-50-52-54-56-58-60-62-64-66-68-70-72-74-76-80(84)81-78(77-82)79(83)75-73-71-69-67-65-63-61-59-57-55-53-51-49-47-45-36-34-32-30-28-26-24-22-20-18-16-14-12-10-8-6-4-2/h57,59,65,67,73,75,78-79,82-83H,3-56,58,60-64,66,68-72,74,76-77H2,1-2H3,(H,81,84)/b59-57+,67-65+,75-73+. The molecule has 0 aromatic rings. The minimum atomic E-state index is -0.871. The van der Waals surface area contributed by atoms with Crippen molar-refractivity contribution in [3.05, 3.63) is 36.5 Å². The van der Waals surface area contributed by atoms with Gasteiger partial charge in [-0.05, 0) is 44.9 Å². The molecule has 2 atom stereocenters. The molecular formula is C80H155NO3. The lowest BCUT2D eigenvalue weighted by Crippen LogP contribution is -2.45. The number of carbonyl (C=O) groups excluding carboxylic acids is 1. The summed E-state index contributed by atoms with van der Waals surface area (Å²) < 4.78 is 0. The quantitative estimate of drug-likeness (QED) is 0.0420. The molecule has 0 aliphatic rings. The third-order valence-corrected chi connectivity index (χ3v) is 18.6. The highest BCUT2D eigenvalue weighted by atomic mass is 16.3. The van der Waals surface area contributed by atoms with Crippen molar-refractivity contribution in [3.8, 4) is 0 Å². The molecule has 0 rings (SSSR count). The maximum absolute atomic E-state index is 12.6. The Hall–Kier alpha value is -1.39. The van der Waals surface area contributed by atoms with Gasteiger partial charge in [0, 0.05) is 6.42 Å². The molecule has 0 saturated heterocycles. The third kappa shape index (κ3) is 71.4. The van der Waals surface area contributed by atoms with Crippen LogP contribution in [0, 0.1) is 0 Å². The van der Waals surface area contributed by atoms with E-state index in [1.165, 1.54) is 392 Å². The van der Waals surface area contributed by atoms with E-state index in [2.05, 4.69) is 43.5 Å². The van der Waals surface area contributed by atoms with Crippen LogP contribution in [0.2, 0.25) is 0 Å². The first-order valence-electron chi connectivity index (χ1n) is 39.2. The number of hydrogen-bond donors (Lipinski definition) is 3. The average Bonchev–Trinajstić information content (AvgIpc) is 3.50. The van der Waals surface area contributed by atoms with Crippen LogP contribution in [-0.4, -0.2) is 34.9 Å². The van der Waals surface area contributed by atoms with E-state index >= 15 is 0 Å². The second kappa shape index (κ2) is 75.9. The van der Waals surface area contributed by atoms with Crippen LogP contribution in [0.15, 0.2) is 36.5 Å². The van der Waals surface area contributed by atoms with Gasteiger partial charge in [-0.2, -0.15) is 0 Å². The summed E-state index contributed by atoms with van der Waals surface area (Å²) in [5, 5.41) is 23.3. The molecule has 0 bridgehead atoms. The van der Waals surface area contributed by atoms with E-state index in [-0.39, 0.29) is 12.5 Å². The fraction of sp³-hybridized carbons (Fsp3) is 0.912. The van der Waals surface area contributed by atoms with E-state index in [4.69, 9.17) is 0 Å². The Morgan fingerprint density at radius 3 is 0.690 bits per heavy atom. The predicted octanol–water partition coefficient (Wildman–Crippen LogP) is 27.1. The third-order valence-electron chi connectivity index (χ3n) is 18.6. The summed E-state index contributed by atoms with van der Waals surface area (Å²) in [4.78, 5) is 12.6. The van der Waals surface area contributed by atoms with Crippen molar-refractivity contribution < 1.29 is 15.0 Å². The highest BCUT2D eigenvalue weighted by Gasteiger charge is 2.18. The molecule has 0 aromatic heterocycles. The monoisotopic (exact) mass is 1180 g/mol. The summed E-state index contributed by atoms with van der Waals surface area (Å²) >= 11 is 0. The zero-order valence-corrected chi connectivity index (χ0v) is 57.7. The Morgan fingerprint density at radius 1 is 0.274 bits per heavy atom. The fourth-order valence-electron chi connectivity index (χ4n) is 12.7. The molecule has 0 aromatic carbocycles. The normalized spacial score (nSPS) is 12.8.